The number of halogens is 1. The van der Waals surface area contributed by atoms with E-state index in [0.29, 0.717) is 22.7 Å². The molecular weight excluding hydrogens is 400 g/mol. The lowest BCUT2D eigenvalue weighted by atomic mass is 10.0. The summed E-state index contributed by atoms with van der Waals surface area (Å²) in [6.07, 6.45) is 0.919. The number of nitrogens with one attached hydrogen (secondary N) is 1. The van der Waals surface area contributed by atoms with E-state index in [0.717, 1.165) is 0 Å². The summed E-state index contributed by atoms with van der Waals surface area (Å²) in [6, 6.07) is 10.3. The van der Waals surface area contributed by atoms with E-state index in [2.05, 4.69) is 26.2 Å². The quantitative estimate of drug-likeness (QED) is 0.557. The molecule has 1 heterocycles. The minimum atomic E-state index is -0.609. The van der Waals surface area contributed by atoms with Crippen LogP contribution in [-0.2, 0) is 4.74 Å². The summed E-state index contributed by atoms with van der Waals surface area (Å²) in [7, 11) is 1.55. The summed E-state index contributed by atoms with van der Waals surface area (Å²) >= 11 is 3.42. The van der Waals surface area contributed by atoms with Crippen LogP contribution in [0.4, 0.5) is 10.6 Å². The number of pyridine rings is 1. The lowest BCUT2D eigenvalue weighted by Crippen LogP contribution is -2.27. The first-order valence-corrected chi connectivity index (χ1v) is 8.89. The van der Waals surface area contributed by atoms with Gasteiger partial charge in [-0.05, 0) is 50.6 Å². The maximum atomic E-state index is 12.7. The number of aromatic nitrogens is 1. The number of anilines is 1. The fourth-order valence-corrected chi connectivity index (χ4v) is 2.70. The molecule has 0 aliphatic carbocycles. The van der Waals surface area contributed by atoms with E-state index in [1.807, 2.05) is 0 Å². The SMILES string of the molecule is COc1cccc(C(=O)C(Br)c2ccnc(NC(=O)OC(C)(C)C)c2)c1. The average Bonchev–Trinajstić information content (AvgIpc) is 2.59. The van der Waals surface area contributed by atoms with Crippen LogP contribution in [0.15, 0.2) is 42.6 Å². The Labute approximate surface area is 161 Å². The Morgan fingerprint density at radius 1 is 1.19 bits per heavy atom. The highest BCUT2D eigenvalue weighted by Gasteiger charge is 2.21. The van der Waals surface area contributed by atoms with Gasteiger partial charge in [-0.2, -0.15) is 0 Å². The Balaban J connectivity index is 2.15. The van der Waals surface area contributed by atoms with Crippen LogP contribution in [0.1, 0.15) is 41.5 Å². The lowest BCUT2D eigenvalue weighted by molar-refractivity contribution is 0.0635. The van der Waals surface area contributed by atoms with Crippen molar-refractivity contribution in [2.24, 2.45) is 0 Å². The van der Waals surface area contributed by atoms with Gasteiger partial charge in [0.2, 0.25) is 0 Å². The summed E-state index contributed by atoms with van der Waals surface area (Å²) in [5, 5.41) is 2.57. The molecule has 0 bridgehead atoms. The molecule has 0 saturated carbocycles. The van der Waals surface area contributed by atoms with E-state index in [-0.39, 0.29) is 5.78 Å². The van der Waals surface area contributed by atoms with Gasteiger partial charge in [-0.1, -0.05) is 28.1 Å². The molecule has 2 aromatic rings. The largest absolute Gasteiger partial charge is 0.497 e. The number of Topliss-reactive ketones (excluding diaryl/α,β-unsaturated/α-hetero) is 1. The molecule has 0 aliphatic rings. The van der Waals surface area contributed by atoms with E-state index in [1.54, 1.807) is 64.3 Å². The summed E-state index contributed by atoms with van der Waals surface area (Å²) in [5.41, 5.74) is 0.575. The van der Waals surface area contributed by atoms with Gasteiger partial charge in [0.15, 0.2) is 5.78 Å². The molecule has 0 spiro atoms. The Morgan fingerprint density at radius 2 is 1.92 bits per heavy atom. The number of nitrogens with zero attached hydrogens (tertiary/aromatic N) is 1. The van der Waals surface area contributed by atoms with E-state index in [4.69, 9.17) is 9.47 Å². The van der Waals surface area contributed by atoms with E-state index in [9.17, 15) is 9.59 Å². The molecule has 26 heavy (non-hydrogen) atoms. The van der Waals surface area contributed by atoms with Crippen LogP contribution >= 0.6 is 15.9 Å². The Bertz CT molecular complexity index is 802. The Hall–Kier alpha value is -2.41. The van der Waals surface area contributed by atoms with Crippen molar-refractivity contribution in [2.75, 3.05) is 12.4 Å². The summed E-state index contributed by atoms with van der Waals surface area (Å²) < 4.78 is 10.4. The first-order chi connectivity index (χ1) is 12.2. The molecule has 1 N–H and O–H groups in total. The van der Waals surface area contributed by atoms with Gasteiger partial charge in [-0.3, -0.25) is 10.1 Å². The van der Waals surface area contributed by atoms with Gasteiger partial charge >= 0.3 is 6.09 Å². The third kappa shape index (κ3) is 5.56. The van der Waals surface area contributed by atoms with Crippen molar-refractivity contribution in [1.29, 1.82) is 0 Å². The molecule has 1 aromatic carbocycles. The molecule has 1 unspecified atom stereocenters. The van der Waals surface area contributed by atoms with Crippen LogP contribution < -0.4 is 10.1 Å². The Morgan fingerprint density at radius 3 is 2.58 bits per heavy atom. The van der Waals surface area contributed by atoms with E-state index < -0.39 is 16.5 Å². The summed E-state index contributed by atoms with van der Waals surface area (Å²) in [5.74, 6) is 0.788. The zero-order valence-corrected chi connectivity index (χ0v) is 16.7. The molecule has 0 aliphatic heterocycles. The van der Waals surface area contributed by atoms with Crippen molar-refractivity contribution < 1.29 is 19.1 Å². The number of carbonyl (C=O) groups is 2. The molecule has 0 fully saturated rings. The minimum absolute atomic E-state index is 0.127. The fraction of sp³-hybridized carbons (Fsp3) is 0.316. The van der Waals surface area contributed by atoms with Crippen molar-refractivity contribution >= 4 is 33.6 Å². The highest BCUT2D eigenvalue weighted by molar-refractivity contribution is 9.09. The summed E-state index contributed by atoms with van der Waals surface area (Å²) in [4.78, 5) is 28.1. The van der Waals surface area contributed by atoms with Gasteiger partial charge in [0.05, 0.1) is 7.11 Å². The van der Waals surface area contributed by atoms with Gasteiger partial charge in [-0.15, -0.1) is 0 Å². The van der Waals surface area contributed by atoms with Crippen LogP contribution in [0.5, 0.6) is 5.75 Å². The van der Waals surface area contributed by atoms with Crippen LogP contribution in [-0.4, -0.2) is 29.6 Å². The van der Waals surface area contributed by atoms with Crippen molar-refractivity contribution in [3.05, 3.63) is 53.7 Å². The van der Waals surface area contributed by atoms with Gasteiger partial charge in [0, 0.05) is 11.8 Å². The maximum Gasteiger partial charge on any atom is 0.413 e. The number of ether oxygens (including phenoxy) is 2. The molecule has 1 amide bonds. The monoisotopic (exact) mass is 420 g/mol. The predicted octanol–water partition coefficient (Wildman–Crippen LogP) is 4.76. The molecule has 0 radical (unpaired) electrons. The maximum absolute atomic E-state index is 12.7. The smallest absolute Gasteiger partial charge is 0.413 e. The third-order valence-corrected chi connectivity index (χ3v) is 4.23. The second-order valence-corrected chi connectivity index (χ2v) is 7.48. The van der Waals surface area contributed by atoms with Crippen LogP contribution in [0.3, 0.4) is 0 Å². The molecule has 0 saturated heterocycles. The molecule has 7 heteroatoms. The molecule has 1 aromatic heterocycles. The second kappa shape index (κ2) is 8.31. The predicted molar refractivity (Wildman–Crippen MR) is 103 cm³/mol. The van der Waals surface area contributed by atoms with Crippen molar-refractivity contribution in [2.45, 2.75) is 31.2 Å². The zero-order chi connectivity index (χ0) is 19.3. The molecule has 2 rings (SSSR count). The average molecular weight is 421 g/mol. The Kier molecular flexibility index (Phi) is 6.37. The highest BCUT2D eigenvalue weighted by atomic mass is 79.9. The van der Waals surface area contributed by atoms with Gasteiger partial charge < -0.3 is 9.47 Å². The molecule has 1 atom stereocenters. The zero-order valence-electron chi connectivity index (χ0n) is 15.1. The van der Waals surface area contributed by atoms with E-state index >= 15 is 0 Å². The van der Waals surface area contributed by atoms with Crippen LogP contribution in [0.2, 0.25) is 0 Å². The van der Waals surface area contributed by atoms with Crippen molar-refractivity contribution in [1.82, 2.24) is 4.98 Å². The van der Waals surface area contributed by atoms with Gasteiger partial charge in [0.25, 0.3) is 0 Å². The van der Waals surface area contributed by atoms with Crippen LogP contribution in [0, 0.1) is 0 Å². The number of methoxy groups -OCH3 is 1. The number of hydrogen-bond donors (Lipinski definition) is 1. The van der Waals surface area contributed by atoms with Crippen molar-refractivity contribution in [3.63, 3.8) is 0 Å². The molecule has 6 nitrogen and oxygen atoms in total. The molecule has 138 valence electrons. The fourth-order valence-electron chi connectivity index (χ4n) is 2.16. The first kappa shape index (κ1) is 19.9. The number of amides is 1. The number of benzene rings is 1. The van der Waals surface area contributed by atoms with Gasteiger partial charge in [-0.25, -0.2) is 9.78 Å². The minimum Gasteiger partial charge on any atom is -0.497 e. The molecular formula is C19H21BrN2O4. The number of rotatable bonds is 5. The number of hydrogen-bond acceptors (Lipinski definition) is 5. The second-order valence-electron chi connectivity index (χ2n) is 6.56. The third-order valence-electron chi connectivity index (χ3n) is 3.29. The number of carbonyl (C=O) groups excluding carboxylic acids is 2. The summed E-state index contributed by atoms with van der Waals surface area (Å²) in [6.45, 7) is 5.33. The number of alkyl halides is 1. The van der Waals surface area contributed by atoms with Crippen LogP contribution in [0.25, 0.3) is 0 Å². The highest BCUT2D eigenvalue weighted by Crippen LogP contribution is 2.29. The van der Waals surface area contributed by atoms with E-state index in [1.165, 1.54) is 6.20 Å². The number of ketones is 1. The topological polar surface area (TPSA) is 77.5 Å². The normalized spacial score (nSPS) is 12.2. The van der Waals surface area contributed by atoms with Gasteiger partial charge in [0.1, 0.15) is 22.0 Å². The lowest BCUT2D eigenvalue weighted by Gasteiger charge is -2.19. The first-order valence-electron chi connectivity index (χ1n) is 7.98. The standard InChI is InChI=1S/C19H21BrN2O4/c1-19(2,3)26-18(24)22-15-11-12(8-9-21-15)16(20)17(23)13-6-5-7-14(10-13)25-4/h5-11,16H,1-4H3,(H,21,22,24). The van der Waals surface area contributed by atoms with Crippen molar-refractivity contribution in [3.8, 4) is 5.75 Å².